The van der Waals surface area contributed by atoms with E-state index in [9.17, 15) is 9.59 Å². The third-order valence-corrected chi connectivity index (χ3v) is 6.50. The van der Waals surface area contributed by atoms with Gasteiger partial charge in [0, 0.05) is 5.75 Å². The number of hydrogen-bond donors (Lipinski definition) is 0. The lowest BCUT2D eigenvalue weighted by atomic mass is 10.1. The summed E-state index contributed by atoms with van der Waals surface area (Å²) in [6, 6.07) is 24.9. The molecule has 4 nitrogen and oxygen atoms in total. The van der Waals surface area contributed by atoms with Crippen LogP contribution in [0, 0.1) is 12.8 Å². The molecular weight excluding hydrogens is 430 g/mol. The van der Waals surface area contributed by atoms with Gasteiger partial charge in [0.15, 0.2) is 0 Å². The first kappa shape index (κ1) is 22.9. The Morgan fingerprint density at radius 2 is 1.52 bits per heavy atom. The van der Waals surface area contributed by atoms with Crippen LogP contribution >= 0.6 is 11.8 Å². The molecule has 1 heterocycles. The largest absolute Gasteiger partial charge is 0.493 e. The summed E-state index contributed by atoms with van der Waals surface area (Å²) in [5.41, 5.74) is 3.76. The first-order chi connectivity index (χ1) is 16.0. The van der Waals surface area contributed by atoms with Crippen LogP contribution < -0.4 is 9.64 Å². The molecule has 168 valence electrons. The van der Waals surface area contributed by atoms with Crippen molar-refractivity contribution in [3.05, 3.63) is 100 Å². The summed E-state index contributed by atoms with van der Waals surface area (Å²) in [5, 5.41) is 0. The molecule has 3 aromatic rings. The van der Waals surface area contributed by atoms with Crippen molar-refractivity contribution < 1.29 is 14.3 Å². The quantitative estimate of drug-likeness (QED) is 0.375. The molecule has 4 rings (SSSR count). The minimum Gasteiger partial charge on any atom is -0.493 e. The number of anilines is 1. The van der Waals surface area contributed by atoms with E-state index in [1.165, 1.54) is 16.7 Å². The lowest BCUT2D eigenvalue weighted by Crippen LogP contribution is -2.31. The van der Waals surface area contributed by atoms with Gasteiger partial charge in [0.1, 0.15) is 5.75 Å². The van der Waals surface area contributed by atoms with Crippen molar-refractivity contribution in [1.82, 2.24) is 0 Å². The van der Waals surface area contributed by atoms with Crippen LogP contribution in [0.5, 0.6) is 5.75 Å². The molecule has 5 heteroatoms. The molecule has 0 atom stereocenters. The predicted molar refractivity (Wildman–Crippen MR) is 135 cm³/mol. The Balaban J connectivity index is 1.69. The molecule has 0 aliphatic carbocycles. The van der Waals surface area contributed by atoms with Crippen LogP contribution in [0.4, 0.5) is 5.69 Å². The number of amides is 2. The summed E-state index contributed by atoms with van der Waals surface area (Å²) in [6.45, 7) is 6.72. The van der Waals surface area contributed by atoms with E-state index in [2.05, 4.69) is 13.8 Å². The van der Waals surface area contributed by atoms with E-state index in [1.807, 2.05) is 85.8 Å². The molecule has 33 heavy (non-hydrogen) atoms. The lowest BCUT2D eigenvalue weighted by molar-refractivity contribution is -0.119. The Morgan fingerprint density at radius 1 is 0.848 bits per heavy atom. The highest BCUT2D eigenvalue weighted by Gasteiger charge is 2.40. The van der Waals surface area contributed by atoms with Gasteiger partial charge in [0.05, 0.1) is 22.8 Å². The number of carbonyl (C=O) groups excluding carboxylic acids is 2. The van der Waals surface area contributed by atoms with Gasteiger partial charge < -0.3 is 4.74 Å². The molecule has 0 N–H and O–H groups in total. The minimum atomic E-state index is -0.291. The fourth-order valence-electron chi connectivity index (χ4n) is 3.64. The number of carbonyl (C=O) groups is 2. The smallest absolute Gasteiger partial charge is 0.272 e. The summed E-state index contributed by atoms with van der Waals surface area (Å²) in [7, 11) is 0. The average molecular weight is 458 g/mol. The molecule has 0 bridgehead atoms. The molecule has 2 amide bonds. The molecule has 3 aromatic carbocycles. The van der Waals surface area contributed by atoms with Crippen LogP contribution in [0.3, 0.4) is 0 Å². The molecule has 0 fully saturated rings. The Labute approximate surface area is 199 Å². The van der Waals surface area contributed by atoms with Crippen molar-refractivity contribution in [2.24, 2.45) is 5.92 Å². The Bertz CT molecular complexity index is 1180. The average Bonchev–Trinajstić information content (AvgIpc) is 3.07. The summed E-state index contributed by atoms with van der Waals surface area (Å²) < 4.78 is 5.79. The van der Waals surface area contributed by atoms with E-state index in [4.69, 9.17) is 4.74 Å². The fourth-order valence-corrected chi connectivity index (χ4v) is 4.71. The summed E-state index contributed by atoms with van der Waals surface area (Å²) in [4.78, 5) is 28.9. The van der Waals surface area contributed by atoms with Gasteiger partial charge >= 0.3 is 0 Å². The fraction of sp³-hybridized carbons (Fsp3) is 0.214. The maximum absolute atomic E-state index is 13.6. The maximum Gasteiger partial charge on any atom is 0.272 e. The van der Waals surface area contributed by atoms with E-state index in [0.717, 1.165) is 22.4 Å². The third-order valence-electron chi connectivity index (χ3n) is 5.35. The Morgan fingerprint density at radius 3 is 2.18 bits per heavy atom. The molecule has 0 aromatic heterocycles. The second-order valence-electron chi connectivity index (χ2n) is 8.44. The van der Waals surface area contributed by atoms with Crippen molar-refractivity contribution in [3.8, 4) is 5.75 Å². The summed E-state index contributed by atoms with van der Waals surface area (Å²) >= 11 is 1.41. The van der Waals surface area contributed by atoms with Crippen molar-refractivity contribution in [2.75, 3.05) is 11.5 Å². The van der Waals surface area contributed by atoms with E-state index in [0.29, 0.717) is 34.4 Å². The highest BCUT2D eigenvalue weighted by Crippen LogP contribution is 2.40. The predicted octanol–water partition coefficient (Wildman–Crippen LogP) is 6.25. The molecule has 1 aliphatic heterocycles. The maximum atomic E-state index is 13.6. The van der Waals surface area contributed by atoms with Gasteiger partial charge in [-0.05, 0) is 47.7 Å². The van der Waals surface area contributed by atoms with E-state index >= 15 is 0 Å². The zero-order chi connectivity index (χ0) is 23.4. The molecule has 0 radical (unpaired) electrons. The SMILES string of the molecule is Cc1ccccc1N1C(=O)C(SCc2ccccc2)=C(c2ccc(OCC(C)C)cc2)C1=O. The lowest BCUT2D eigenvalue weighted by Gasteiger charge is -2.17. The summed E-state index contributed by atoms with van der Waals surface area (Å²) in [5.74, 6) is 1.21. The molecule has 1 aliphatic rings. The van der Waals surface area contributed by atoms with Gasteiger partial charge in [-0.2, -0.15) is 0 Å². The topological polar surface area (TPSA) is 46.6 Å². The standard InChI is InChI=1S/C28H27NO3S/c1-19(2)17-32-23-15-13-22(14-16-23)25-26(33-18-21-10-5-4-6-11-21)28(31)29(27(25)30)24-12-8-7-9-20(24)3/h4-16,19H,17-18H2,1-3H3. The highest BCUT2D eigenvalue weighted by atomic mass is 32.2. The molecule has 0 spiro atoms. The van der Waals surface area contributed by atoms with E-state index < -0.39 is 0 Å². The molecule has 0 unspecified atom stereocenters. The Kier molecular flexibility index (Phi) is 6.99. The van der Waals surface area contributed by atoms with Gasteiger partial charge in [0.2, 0.25) is 0 Å². The van der Waals surface area contributed by atoms with Gasteiger partial charge in [-0.15, -0.1) is 11.8 Å². The van der Waals surface area contributed by atoms with Crippen LogP contribution in [0.15, 0.2) is 83.8 Å². The number of nitrogens with zero attached hydrogens (tertiary/aromatic N) is 1. The zero-order valence-electron chi connectivity index (χ0n) is 19.1. The van der Waals surface area contributed by atoms with Crippen LogP contribution in [-0.4, -0.2) is 18.4 Å². The first-order valence-electron chi connectivity index (χ1n) is 11.0. The number of benzene rings is 3. The monoisotopic (exact) mass is 457 g/mol. The van der Waals surface area contributed by atoms with Gasteiger partial charge in [0.25, 0.3) is 11.8 Å². The molecular formula is C28H27NO3S. The Hall–Kier alpha value is -3.31. The molecule has 0 saturated carbocycles. The van der Waals surface area contributed by atoms with E-state index in [-0.39, 0.29) is 11.8 Å². The van der Waals surface area contributed by atoms with Crippen molar-refractivity contribution >= 4 is 34.8 Å². The van der Waals surface area contributed by atoms with Crippen LogP contribution in [0.25, 0.3) is 5.57 Å². The van der Waals surface area contributed by atoms with Gasteiger partial charge in [-0.25, -0.2) is 4.90 Å². The number of aryl methyl sites for hydroxylation is 1. The number of hydrogen-bond acceptors (Lipinski definition) is 4. The zero-order valence-corrected chi connectivity index (χ0v) is 19.9. The normalized spacial score (nSPS) is 13.9. The van der Waals surface area contributed by atoms with Gasteiger partial charge in [-0.1, -0.05) is 74.5 Å². The van der Waals surface area contributed by atoms with E-state index in [1.54, 1.807) is 0 Å². The number of thioether (sulfide) groups is 1. The van der Waals surface area contributed by atoms with Crippen molar-refractivity contribution in [1.29, 1.82) is 0 Å². The second-order valence-corrected chi connectivity index (χ2v) is 9.43. The van der Waals surface area contributed by atoms with Crippen molar-refractivity contribution in [3.63, 3.8) is 0 Å². The van der Waals surface area contributed by atoms with Crippen LogP contribution in [-0.2, 0) is 15.3 Å². The van der Waals surface area contributed by atoms with Crippen LogP contribution in [0.2, 0.25) is 0 Å². The number of rotatable bonds is 8. The molecule has 0 saturated heterocycles. The second kappa shape index (κ2) is 10.1. The summed E-state index contributed by atoms with van der Waals surface area (Å²) in [6.07, 6.45) is 0. The third kappa shape index (κ3) is 5.04. The number of para-hydroxylation sites is 1. The minimum absolute atomic E-state index is 0.273. The number of ether oxygens (including phenoxy) is 1. The first-order valence-corrected chi connectivity index (χ1v) is 12.0. The van der Waals surface area contributed by atoms with Crippen LogP contribution in [0.1, 0.15) is 30.5 Å². The highest BCUT2D eigenvalue weighted by molar-refractivity contribution is 8.03. The number of imide groups is 1. The van der Waals surface area contributed by atoms with Crippen molar-refractivity contribution in [2.45, 2.75) is 26.5 Å². The van der Waals surface area contributed by atoms with Gasteiger partial charge in [-0.3, -0.25) is 9.59 Å².